The summed E-state index contributed by atoms with van der Waals surface area (Å²) < 4.78 is 11.4. The molecule has 30 heavy (non-hydrogen) atoms. The highest BCUT2D eigenvalue weighted by atomic mass is 16.5. The summed E-state index contributed by atoms with van der Waals surface area (Å²) >= 11 is 0. The maximum Gasteiger partial charge on any atom is 0.318 e. The molecule has 2 aliphatic carbocycles. The minimum Gasteiger partial charge on any atom is -0.457 e. The first-order chi connectivity index (χ1) is 14.6. The molecule has 2 aromatic rings. The Morgan fingerprint density at radius 1 is 1.03 bits per heavy atom. The van der Waals surface area contributed by atoms with Crippen LogP contribution in [0.15, 0.2) is 48.5 Å². The van der Waals surface area contributed by atoms with E-state index in [4.69, 9.17) is 9.47 Å². The first kappa shape index (κ1) is 19.2. The lowest BCUT2D eigenvalue weighted by Crippen LogP contribution is -2.42. The van der Waals surface area contributed by atoms with E-state index in [9.17, 15) is 9.59 Å². The van der Waals surface area contributed by atoms with Crippen molar-refractivity contribution in [3.63, 3.8) is 0 Å². The van der Waals surface area contributed by atoms with Gasteiger partial charge in [-0.2, -0.15) is 0 Å². The molecule has 4 unspecified atom stereocenters. The van der Waals surface area contributed by atoms with E-state index in [-0.39, 0.29) is 18.6 Å². The number of fused-ring (bicyclic) bond motifs is 4. The highest BCUT2D eigenvalue weighted by molar-refractivity contribution is 5.87. The Labute approximate surface area is 176 Å². The molecule has 4 atom stereocenters. The molecule has 2 saturated carbocycles. The lowest BCUT2D eigenvalue weighted by molar-refractivity contribution is -0.149. The Kier molecular flexibility index (Phi) is 4.97. The minimum absolute atomic E-state index is 0.121. The second kappa shape index (κ2) is 7.78. The molecule has 3 aliphatic rings. The van der Waals surface area contributed by atoms with Gasteiger partial charge in [0.2, 0.25) is 0 Å². The summed E-state index contributed by atoms with van der Waals surface area (Å²) in [6.45, 7) is 1.82. The highest BCUT2D eigenvalue weighted by Gasteiger charge is 2.42. The topological polar surface area (TPSA) is 64.6 Å². The molecule has 1 heterocycles. The van der Waals surface area contributed by atoms with Gasteiger partial charge in [-0.15, -0.1) is 0 Å². The molecule has 0 radical (unpaired) electrons. The molecular formula is C25H27NO4. The molecule has 2 aromatic carbocycles. The molecule has 2 fully saturated rings. The number of benzene rings is 2. The van der Waals surface area contributed by atoms with Crippen LogP contribution in [0, 0.1) is 17.8 Å². The SMILES string of the molecule is CC(NC(=O)COC(=O)C1c2ccccc2Oc2ccccc21)C1CC2CCC1C2. The van der Waals surface area contributed by atoms with E-state index >= 15 is 0 Å². The maximum absolute atomic E-state index is 13.0. The van der Waals surface area contributed by atoms with Gasteiger partial charge in [0, 0.05) is 17.2 Å². The Hall–Kier alpha value is -2.82. The lowest BCUT2D eigenvalue weighted by atomic mass is 9.84. The average Bonchev–Trinajstić information content (AvgIpc) is 3.39. The van der Waals surface area contributed by atoms with Crippen molar-refractivity contribution in [3.05, 3.63) is 59.7 Å². The van der Waals surface area contributed by atoms with Gasteiger partial charge < -0.3 is 14.8 Å². The Bertz CT molecular complexity index is 926. The number of nitrogens with one attached hydrogen (secondary N) is 1. The second-order valence-corrected chi connectivity index (χ2v) is 8.91. The van der Waals surface area contributed by atoms with Gasteiger partial charge >= 0.3 is 5.97 Å². The Morgan fingerprint density at radius 3 is 2.30 bits per heavy atom. The summed E-state index contributed by atoms with van der Waals surface area (Å²) in [6, 6.07) is 15.0. The number of hydrogen-bond donors (Lipinski definition) is 1. The van der Waals surface area contributed by atoms with E-state index in [1.54, 1.807) is 0 Å². The second-order valence-electron chi connectivity index (χ2n) is 8.91. The Morgan fingerprint density at radius 2 is 1.70 bits per heavy atom. The number of para-hydroxylation sites is 2. The van der Waals surface area contributed by atoms with E-state index in [2.05, 4.69) is 12.2 Å². The number of ether oxygens (including phenoxy) is 2. The molecule has 1 amide bonds. The van der Waals surface area contributed by atoms with Gasteiger partial charge in [0.05, 0.1) is 0 Å². The van der Waals surface area contributed by atoms with Crippen molar-refractivity contribution in [1.29, 1.82) is 0 Å². The van der Waals surface area contributed by atoms with Crippen LogP contribution in [0.2, 0.25) is 0 Å². The molecule has 156 valence electrons. The van der Waals surface area contributed by atoms with Gasteiger partial charge in [0.25, 0.3) is 5.91 Å². The van der Waals surface area contributed by atoms with Crippen molar-refractivity contribution in [3.8, 4) is 11.5 Å². The van der Waals surface area contributed by atoms with E-state index in [0.717, 1.165) is 23.0 Å². The number of hydrogen-bond acceptors (Lipinski definition) is 4. The molecule has 1 aliphatic heterocycles. The van der Waals surface area contributed by atoms with Crippen LogP contribution in [-0.4, -0.2) is 24.5 Å². The minimum atomic E-state index is -0.595. The van der Waals surface area contributed by atoms with Crippen LogP contribution in [0.5, 0.6) is 11.5 Å². The van der Waals surface area contributed by atoms with Crippen LogP contribution >= 0.6 is 0 Å². The fraction of sp³-hybridized carbons (Fsp3) is 0.440. The Balaban J connectivity index is 1.24. The van der Waals surface area contributed by atoms with Gasteiger partial charge in [0.15, 0.2) is 6.61 Å². The van der Waals surface area contributed by atoms with Crippen molar-refractivity contribution in [2.75, 3.05) is 6.61 Å². The van der Waals surface area contributed by atoms with Gasteiger partial charge in [0.1, 0.15) is 17.4 Å². The first-order valence-electron chi connectivity index (χ1n) is 10.9. The van der Waals surface area contributed by atoms with Crippen LogP contribution in [0.1, 0.15) is 49.7 Å². The van der Waals surface area contributed by atoms with E-state index in [1.165, 1.54) is 25.7 Å². The molecule has 5 heteroatoms. The van der Waals surface area contributed by atoms with Gasteiger partial charge in [-0.1, -0.05) is 42.8 Å². The summed E-state index contributed by atoms with van der Waals surface area (Å²) in [5, 5.41) is 3.06. The standard InChI is InChI=1S/C25H27NO4/c1-15(20-13-16-10-11-17(20)12-16)26-23(27)14-29-25(28)24-18-6-2-4-8-21(18)30-22-9-5-3-7-19(22)24/h2-9,15-17,20,24H,10-14H2,1H3,(H,26,27). The van der Waals surface area contributed by atoms with Gasteiger partial charge in [-0.05, 0) is 56.1 Å². The monoisotopic (exact) mass is 405 g/mol. The highest BCUT2D eigenvalue weighted by Crippen LogP contribution is 2.49. The van der Waals surface area contributed by atoms with Gasteiger partial charge in [-0.25, -0.2) is 0 Å². The number of rotatable bonds is 5. The van der Waals surface area contributed by atoms with E-state index in [0.29, 0.717) is 17.4 Å². The van der Waals surface area contributed by atoms with Crippen LogP contribution in [0.3, 0.4) is 0 Å². The normalized spacial score (nSPS) is 25.0. The first-order valence-corrected chi connectivity index (χ1v) is 10.9. The summed E-state index contributed by atoms with van der Waals surface area (Å²) in [7, 11) is 0. The summed E-state index contributed by atoms with van der Waals surface area (Å²) in [4.78, 5) is 25.5. The van der Waals surface area contributed by atoms with Crippen molar-refractivity contribution >= 4 is 11.9 Å². The predicted molar refractivity (Wildman–Crippen MR) is 112 cm³/mol. The molecule has 5 rings (SSSR count). The van der Waals surface area contributed by atoms with Crippen LogP contribution in [0.25, 0.3) is 0 Å². The fourth-order valence-electron chi connectivity index (χ4n) is 5.69. The van der Waals surface area contributed by atoms with Crippen molar-refractivity contribution in [2.45, 2.75) is 44.6 Å². The van der Waals surface area contributed by atoms with E-state index < -0.39 is 11.9 Å². The molecule has 5 nitrogen and oxygen atoms in total. The van der Waals surface area contributed by atoms with E-state index in [1.807, 2.05) is 48.5 Å². The number of carbonyl (C=O) groups excluding carboxylic acids is 2. The molecule has 0 saturated heterocycles. The summed E-state index contributed by atoms with van der Waals surface area (Å²) in [5.74, 6) is 2.17. The predicted octanol–water partition coefficient (Wildman–Crippen LogP) is 4.41. The largest absolute Gasteiger partial charge is 0.457 e. The third-order valence-corrected chi connectivity index (χ3v) is 7.08. The molecule has 2 bridgehead atoms. The van der Waals surface area contributed by atoms with Crippen molar-refractivity contribution < 1.29 is 19.1 Å². The molecule has 0 aromatic heterocycles. The smallest absolute Gasteiger partial charge is 0.318 e. The zero-order chi connectivity index (χ0) is 20.7. The number of carbonyl (C=O) groups is 2. The van der Waals surface area contributed by atoms with Gasteiger partial charge in [-0.3, -0.25) is 9.59 Å². The quantitative estimate of drug-likeness (QED) is 0.749. The fourth-order valence-corrected chi connectivity index (χ4v) is 5.69. The average molecular weight is 405 g/mol. The van der Waals surface area contributed by atoms with Crippen molar-refractivity contribution in [1.82, 2.24) is 5.32 Å². The zero-order valence-corrected chi connectivity index (χ0v) is 17.2. The molecular weight excluding hydrogens is 378 g/mol. The summed E-state index contributed by atoms with van der Waals surface area (Å²) in [6.07, 6.45) is 5.14. The lowest BCUT2D eigenvalue weighted by Gasteiger charge is -2.29. The third-order valence-electron chi connectivity index (χ3n) is 7.08. The maximum atomic E-state index is 13.0. The number of amides is 1. The summed E-state index contributed by atoms with van der Waals surface area (Å²) in [5.41, 5.74) is 1.52. The third kappa shape index (κ3) is 3.47. The van der Waals surface area contributed by atoms with Crippen LogP contribution in [0.4, 0.5) is 0 Å². The van der Waals surface area contributed by atoms with Crippen LogP contribution in [-0.2, 0) is 14.3 Å². The van der Waals surface area contributed by atoms with Crippen LogP contribution < -0.4 is 10.1 Å². The number of esters is 1. The molecule has 0 spiro atoms. The van der Waals surface area contributed by atoms with Crippen molar-refractivity contribution in [2.24, 2.45) is 17.8 Å². The molecule has 1 N–H and O–H groups in total. The zero-order valence-electron chi connectivity index (χ0n) is 17.2.